The third-order valence-electron chi connectivity index (χ3n) is 6.25. The van der Waals surface area contributed by atoms with Crippen molar-refractivity contribution < 1.29 is 17.9 Å². The Hall–Kier alpha value is -3.96. The second kappa shape index (κ2) is 9.83. The summed E-state index contributed by atoms with van der Waals surface area (Å²) in [5.41, 5.74) is 7.59. The molecule has 8 nitrogen and oxygen atoms in total. The van der Waals surface area contributed by atoms with E-state index in [1.165, 1.54) is 6.07 Å². The van der Waals surface area contributed by atoms with Gasteiger partial charge in [0.25, 0.3) is 5.56 Å². The van der Waals surface area contributed by atoms with Gasteiger partial charge in [0, 0.05) is 48.0 Å². The molecule has 0 spiro atoms. The minimum absolute atomic E-state index is 0.0247. The maximum absolute atomic E-state index is 15.1. The van der Waals surface area contributed by atoms with Gasteiger partial charge in [0.15, 0.2) is 5.82 Å². The average molecular weight is 511 g/mol. The number of hydrogen-bond acceptors (Lipinski definition) is 7. The SMILES string of the molecule is CN(C)Cc1cc(-c2nc(-c3cc(F)c4c(=O)[nH]cc(F)c4c3)c(N)nc2F)ccc1N1CCOCC1. The number of H-pyrrole nitrogens is 1. The van der Waals surface area contributed by atoms with E-state index in [9.17, 15) is 13.6 Å². The number of rotatable bonds is 5. The number of nitrogens with two attached hydrogens (primary N) is 1. The Labute approximate surface area is 210 Å². The molecule has 0 bridgehead atoms. The van der Waals surface area contributed by atoms with Crippen molar-refractivity contribution in [2.45, 2.75) is 6.54 Å². The van der Waals surface area contributed by atoms with Crippen molar-refractivity contribution in [2.24, 2.45) is 0 Å². The van der Waals surface area contributed by atoms with Crippen LogP contribution in [0, 0.1) is 17.6 Å². The first kappa shape index (κ1) is 24.7. The molecule has 3 heterocycles. The van der Waals surface area contributed by atoms with Gasteiger partial charge in [-0.25, -0.2) is 13.8 Å². The summed E-state index contributed by atoms with van der Waals surface area (Å²) in [6, 6.07) is 7.77. The lowest BCUT2D eigenvalue weighted by Crippen LogP contribution is -2.37. The minimum Gasteiger partial charge on any atom is -0.382 e. The van der Waals surface area contributed by atoms with Crippen LogP contribution in [0.2, 0.25) is 0 Å². The molecule has 1 fully saturated rings. The molecular formula is C26H25F3N6O2. The van der Waals surface area contributed by atoms with Gasteiger partial charge >= 0.3 is 0 Å². The fraction of sp³-hybridized carbons (Fsp3) is 0.269. The molecular weight excluding hydrogens is 485 g/mol. The predicted molar refractivity (Wildman–Crippen MR) is 136 cm³/mol. The van der Waals surface area contributed by atoms with E-state index in [1.807, 2.05) is 31.1 Å². The van der Waals surface area contributed by atoms with E-state index in [-0.39, 0.29) is 28.2 Å². The van der Waals surface area contributed by atoms with Gasteiger partial charge in [0.1, 0.15) is 23.0 Å². The number of nitrogens with zero attached hydrogens (tertiary/aromatic N) is 4. The summed E-state index contributed by atoms with van der Waals surface area (Å²) in [5.74, 6) is -2.96. The number of aromatic amines is 1. The first-order chi connectivity index (χ1) is 17.7. The van der Waals surface area contributed by atoms with Crippen molar-refractivity contribution in [3.05, 3.63) is 70.0 Å². The van der Waals surface area contributed by atoms with Gasteiger partial charge in [-0.1, -0.05) is 6.07 Å². The maximum atomic E-state index is 15.1. The van der Waals surface area contributed by atoms with Crippen molar-refractivity contribution in [1.29, 1.82) is 0 Å². The van der Waals surface area contributed by atoms with Crippen LogP contribution in [0.3, 0.4) is 0 Å². The average Bonchev–Trinajstić information content (AvgIpc) is 2.86. The zero-order valence-electron chi connectivity index (χ0n) is 20.3. The van der Waals surface area contributed by atoms with E-state index in [2.05, 4.69) is 19.9 Å². The summed E-state index contributed by atoms with van der Waals surface area (Å²) >= 11 is 0. The number of pyridine rings is 1. The quantitative estimate of drug-likeness (QED) is 0.424. The summed E-state index contributed by atoms with van der Waals surface area (Å²) in [4.78, 5) is 26.6. The first-order valence-corrected chi connectivity index (χ1v) is 11.7. The predicted octanol–water partition coefficient (Wildman–Crippen LogP) is 3.55. The van der Waals surface area contributed by atoms with Crippen LogP contribution in [0.5, 0.6) is 0 Å². The molecule has 1 aliphatic heterocycles. The highest BCUT2D eigenvalue weighted by Crippen LogP contribution is 2.33. The van der Waals surface area contributed by atoms with Crippen molar-refractivity contribution in [2.75, 3.05) is 51.0 Å². The van der Waals surface area contributed by atoms with E-state index in [4.69, 9.17) is 10.5 Å². The Kier molecular flexibility index (Phi) is 6.57. The van der Waals surface area contributed by atoms with Crippen LogP contribution in [0.25, 0.3) is 33.3 Å². The lowest BCUT2D eigenvalue weighted by Gasteiger charge is -2.31. The van der Waals surface area contributed by atoms with Crippen LogP contribution < -0.4 is 16.2 Å². The zero-order chi connectivity index (χ0) is 26.3. The van der Waals surface area contributed by atoms with Crippen LogP contribution in [-0.4, -0.2) is 60.3 Å². The summed E-state index contributed by atoms with van der Waals surface area (Å²) in [5, 5.41) is -0.668. The molecule has 2 aromatic heterocycles. The number of halogens is 3. The zero-order valence-corrected chi connectivity index (χ0v) is 20.3. The molecule has 5 rings (SSSR count). The van der Waals surface area contributed by atoms with Crippen LogP contribution in [0.15, 0.2) is 41.3 Å². The summed E-state index contributed by atoms with van der Waals surface area (Å²) in [7, 11) is 3.88. The molecule has 0 radical (unpaired) electrons. The molecule has 1 saturated heterocycles. The number of nitrogens with one attached hydrogen (secondary N) is 1. The smallest absolute Gasteiger partial charge is 0.258 e. The molecule has 0 atom stereocenters. The molecule has 0 aliphatic carbocycles. The van der Waals surface area contributed by atoms with E-state index in [0.717, 1.165) is 36.6 Å². The highest BCUT2D eigenvalue weighted by atomic mass is 19.1. The molecule has 37 heavy (non-hydrogen) atoms. The molecule has 3 N–H and O–H groups in total. The fourth-order valence-electron chi connectivity index (χ4n) is 4.58. The van der Waals surface area contributed by atoms with Gasteiger partial charge in [-0.05, 0) is 43.9 Å². The van der Waals surface area contributed by atoms with E-state index >= 15 is 4.39 Å². The minimum atomic E-state index is -0.955. The van der Waals surface area contributed by atoms with Crippen molar-refractivity contribution in [3.63, 3.8) is 0 Å². The number of anilines is 2. The highest BCUT2D eigenvalue weighted by molar-refractivity contribution is 5.88. The number of aromatic nitrogens is 3. The largest absolute Gasteiger partial charge is 0.382 e. The third-order valence-corrected chi connectivity index (χ3v) is 6.25. The number of nitrogen functional groups attached to an aromatic ring is 1. The Morgan fingerprint density at radius 2 is 1.78 bits per heavy atom. The molecule has 0 saturated carbocycles. The van der Waals surface area contributed by atoms with E-state index < -0.39 is 28.5 Å². The Balaban J connectivity index is 1.63. The molecule has 0 amide bonds. The van der Waals surface area contributed by atoms with E-state index in [1.54, 1.807) is 6.07 Å². The van der Waals surface area contributed by atoms with Crippen molar-refractivity contribution in [1.82, 2.24) is 19.9 Å². The third kappa shape index (κ3) is 4.75. The van der Waals surface area contributed by atoms with E-state index in [0.29, 0.717) is 25.3 Å². The molecule has 4 aromatic rings. The Morgan fingerprint density at radius 3 is 2.51 bits per heavy atom. The van der Waals surface area contributed by atoms with Crippen LogP contribution in [0.4, 0.5) is 24.7 Å². The Bertz CT molecular complexity index is 1550. The van der Waals surface area contributed by atoms with Crippen LogP contribution in [-0.2, 0) is 11.3 Å². The molecule has 192 valence electrons. The van der Waals surface area contributed by atoms with Gasteiger partial charge in [-0.2, -0.15) is 9.37 Å². The first-order valence-electron chi connectivity index (χ1n) is 11.7. The lowest BCUT2D eigenvalue weighted by molar-refractivity contribution is 0.122. The Morgan fingerprint density at radius 1 is 1.03 bits per heavy atom. The number of benzene rings is 2. The standard InChI is InChI=1S/C26H25F3N6O2/c1-34(2)13-16-9-14(3-4-20(16)35-5-7-37-8-6-35)22-24(29)33-25(30)23(32-22)15-10-17-19(28)12-31-26(36)21(17)18(27)11-15/h3-4,9-12H,5-8,13H2,1-2H3,(H2,30,33)(H,31,36). The van der Waals surface area contributed by atoms with Crippen molar-refractivity contribution in [3.8, 4) is 22.5 Å². The highest BCUT2D eigenvalue weighted by Gasteiger charge is 2.21. The van der Waals surface area contributed by atoms with Crippen molar-refractivity contribution >= 4 is 22.3 Å². The normalized spacial score (nSPS) is 14.1. The molecule has 11 heteroatoms. The summed E-state index contributed by atoms with van der Waals surface area (Å²) < 4.78 is 49.8. The van der Waals surface area contributed by atoms with Gasteiger partial charge in [-0.3, -0.25) is 4.79 Å². The summed E-state index contributed by atoms with van der Waals surface area (Å²) in [6.45, 7) is 3.33. The summed E-state index contributed by atoms with van der Waals surface area (Å²) in [6.07, 6.45) is 0.849. The number of hydrogen-bond donors (Lipinski definition) is 2. The molecule has 2 aromatic carbocycles. The second-order valence-electron chi connectivity index (χ2n) is 9.12. The fourth-order valence-corrected chi connectivity index (χ4v) is 4.58. The molecule has 0 unspecified atom stereocenters. The van der Waals surface area contributed by atoms with Crippen LogP contribution >= 0.6 is 0 Å². The van der Waals surface area contributed by atoms with Gasteiger partial charge in [0.2, 0.25) is 5.95 Å². The maximum Gasteiger partial charge on any atom is 0.258 e. The number of morpholine rings is 1. The van der Waals surface area contributed by atoms with Crippen LogP contribution in [0.1, 0.15) is 5.56 Å². The number of fused-ring (bicyclic) bond motifs is 1. The van der Waals surface area contributed by atoms with Gasteiger partial charge in [0.05, 0.1) is 18.6 Å². The number of ether oxygens (including phenoxy) is 1. The lowest BCUT2D eigenvalue weighted by atomic mass is 10.0. The van der Waals surface area contributed by atoms with Gasteiger partial charge in [-0.15, -0.1) is 0 Å². The molecule has 1 aliphatic rings. The topological polar surface area (TPSA) is 100 Å². The monoisotopic (exact) mass is 510 g/mol. The van der Waals surface area contributed by atoms with Gasteiger partial charge < -0.3 is 25.3 Å². The second-order valence-corrected chi connectivity index (χ2v) is 9.12.